The van der Waals surface area contributed by atoms with E-state index in [1.165, 1.54) is 12.1 Å². The largest absolute Gasteiger partial charge is 0.454 e. The minimum Gasteiger partial charge on any atom is -0.454 e. The van der Waals surface area contributed by atoms with Crippen LogP contribution >= 0.6 is 0 Å². The Morgan fingerprint density at radius 3 is 3.06 bits per heavy atom. The van der Waals surface area contributed by atoms with Crippen molar-refractivity contribution in [3.8, 4) is 11.5 Å². The maximum atomic E-state index is 5.88. The smallest absolute Gasteiger partial charge is 0.231 e. The molecule has 1 fully saturated rings. The molecule has 98 valence electrons. The number of hydrogen-bond donors (Lipinski definition) is 1. The molecule has 18 heavy (non-hydrogen) atoms. The van der Waals surface area contributed by atoms with Crippen LogP contribution in [0.3, 0.4) is 0 Å². The van der Waals surface area contributed by atoms with Gasteiger partial charge >= 0.3 is 0 Å². The molecule has 4 nitrogen and oxygen atoms in total. The van der Waals surface area contributed by atoms with Gasteiger partial charge < -0.3 is 20.1 Å². The maximum Gasteiger partial charge on any atom is 0.231 e. The van der Waals surface area contributed by atoms with Gasteiger partial charge in [-0.1, -0.05) is 0 Å². The predicted molar refractivity (Wildman–Crippen MR) is 71.2 cm³/mol. The van der Waals surface area contributed by atoms with Crippen LogP contribution in [0.5, 0.6) is 11.5 Å². The molecule has 1 aromatic carbocycles. The SMILES string of the molecule is CC(N)CC1CCN(c2ccc3c(c2)OCO3)C1. The van der Waals surface area contributed by atoms with Gasteiger partial charge in [0.15, 0.2) is 11.5 Å². The number of fused-ring (bicyclic) bond motifs is 1. The lowest BCUT2D eigenvalue weighted by Gasteiger charge is -2.19. The van der Waals surface area contributed by atoms with Gasteiger partial charge in [-0.3, -0.25) is 0 Å². The van der Waals surface area contributed by atoms with Gasteiger partial charge in [-0.15, -0.1) is 0 Å². The molecular formula is C14H20N2O2. The Morgan fingerprint density at radius 2 is 2.22 bits per heavy atom. The molecular weight excluding hydrogens is 228 g/mol. The third kappa shape index (κ3) is 2.25. The summed E-state index contributed by atoms with van der Waals surface area (Å²) in [5, 5.41) is 0. The molecule has 0 amide bonds. The van der Waals surface area contributed by atoms with Gasteiger partial charge in [0, 0.05) is 30.9 Å². The second kappa shape index (κ2) is 4.69. The molecule has 1 saturated heterocycles. The number of nitrogens with zero attached hydrogens (tertiary/aromatic N) is 1. The number of benzene rings is 1. The quantitative estimate of drug-likeness (QED) is 0.888. The highest BCUT2D eigenvalue weighted by atomic mass is 16.7. The summed E-state index contributed by atoms with van der Waals surface area (Å²) >= 11 is 0. The Hall–Kier alpha value is -1.42. The Morgan fingerprint density at radius 1 is 1.39 bits per heavy atom. The first kappa shape index (κ1) is 11.7. The topological polar surface area (TPSA) is 47.7 Å². The van der Waals surface area contributed by atoms with E-state index in [-0.39, 0.29) is 0 Å². The number of hydrogen-bond acceptors (Lipinski definition) is 4. The molecule has 2 atom stereocenters. The van der Waals surface area contributed by atoms with Gasteiger partial charge in [-0.2, -0.15) is 0 Å². The molecule has 0 radical (unpaired) electrons. The standard InChI is InChI=1S/C14H20N2O2/c1-10(15)6-11-4-5-16(8-11)12-2-3-13-14(7-12)18-9-17-13/h2-3,7,10-11H,4-6,8-9,15H2,1H3. The molecule has 2 aliphatic rings. The molecule has 2 aliphatic heterocycles. The van der Waals surface area contributed by atoms with Crippen LogP contribution in [-0.2, 0) is 0 Å². The molecule has 0 saturated carbocycles. The second-order valence-corrected chi connectivity index (χ2v) is 5.35. The monoisotopic (exact) mass is 248 g/mol. The average Bonchev–Trinajstić information content (AvgIpc) is 2.95. The molecule has 3 rings (SSSR count). The van der Waals surface area contributed by atoms with E-state index in [9.17, 15) is 0 Å². The summed E-state index contributed by atoms with van der Waals surface area (Å²) in [6, 6.07) is 6.49. The van der Waals surface area contributed by atoms with E-state index in [1.807, 2.05) is 6.07 Å². The highest BCUT2D eigenvalue weighted by molar-refractivity contribution is 5.57. The number of anilines is 1. The average molecular weight is 248 g/mol. The van der Waals surface area contributed by atoms with E-state index >= 15 is 0 Å². The first-order chi connectivity index (χ1) is 8.72. The van der Waals surface area contributed by atoms with Crippen LogP contribution < -0.4 is 20.1 Å². The highest BCUT2D eigenvalue weighted by Gasteiger charge is 2.24. The molecule has 0 bridgehead atoms. The summed E-state index contributed by atoms with van der Waals surface area (Å²) in [4.78, 5) is 2.41. The summed E-state index contributed by atoms with van der Waals surface area (Å²) in [6.07, 6.45) is 2.34. The van der Waals surface area contributed by atoms with Gasteiger partial charge in [0.2, 0.25) is 6.79 Å². The van der Waals surface area contributed by atoms with Crippen LogP contribution in [0.25, 0.3) is 0 Å². The summed E-state index contributed by atoms with van der Waals surface area (Å²) in [5.74, 6) is 2.43. The molecule has 1 aromatic rings. The molecule has 0 aromatic heterocycles. The number of nitrogens with two attached hydrogens (primary N) is 1. The third-order valence-electron chi connectivity index (χ3n) is 3.71. The van der Waals surface area contributed by atoms with E-state index in [4.69, 9.17) is 15.2 Å². The first-order valence-corrected chi connectivity index (χ1v) is 6.62. The minimum atomic E-state index is 0.298. The van der Waals surface area contributed by atoms with Crippen molar-refractivity contribution >= 4 is 5.69 Å². The Labute approximate surface area is 108 Å². The summed E-state index contributed by atoms with van der Waals surface area (Å²) in [7, 11) is 0. The number of ether oxygens (including phenoxy) is 2. The van der Waals surface area contributed by atoms with Gasteiger partial charge in [0.05, 0.1) is 0 Å². The predicted octanol–water partition coefficient (Wildman–Crippen LogP) is 1.98. The van der Waals surface area contributed by atoms with Crippen molar-refractivity contribution < 1.29 is 9.47 Å². The number of rotatable bonds is 3. The summed E-state index contributed by atoms with van der Waals surface area (Å²) < 4.78 is 10.8. The summed E-state index contributed by atoms with van der Waals surface area (Å²) in [5.41, 5.74) is 7.10. The zero-order valence-corrected chi connectivity index (χ0v) is 10.8. The first-order valence-electron chi connectivity index (χ1n) is 6.62. The Kier molecular flexibility index (Phi) is 3.04. The van der Waals surface area contributed by atoms with Crippen LogP contribution in [0, 0.1) is 5.92 Å². The van der Waals surface area contributed by atoms with Crippen LogP contribution in [0.1, 0.15) is 19.8 Å². The fraction of sp³-hybridized carbons (Fsp3) is 0.571. The fourth-order valence-corrected chi connectivity index (χ4v) is 2.87. The molecule has 2 unspecified atom stereocenters. The van der Waals surface area contributed by atoms with Crippen LogP contribution in [-0.4, -0.2) is 25.9 Å². The Bertz CT molecular complexity index is 434. The summed E-state index contributed by atoms with van der Waals surface area (Å²) in [6.45, 7) is 4.63. The van der Waals surface area contributed by atoms with Crippen LogP contribution in [0.4, 0.5) is 5.69 Å². The van der Waals surface area contributed by atoms with Crippen molar-refractivity contribution in [1.29, 1.82) is 0 Å². The lowest BCUT2D eigenvalue weighted by molar-refractivity contribution is 0.174. The van der Waals surface area contributed by atoms with Crippen molar-refractivity contribution in [2.24, 2.45) is 11.7 Å². The fourth-order valence-electron chi connectivity index (χ4n) is 2.87. The van der Waals surface area contributed by atoms with Gasteiger partial charge in [0.1, 0.15) is 0 Å². The van der Waals surface area contributed by atoms with Crippen LogP contribution in [0.2, 0.25) is 0 Å². The molecule has 0 spiro atoms. The van der Waals surface area contributed by atoms with E-state index in [0.29, 0.717) is 12.8 Å². The maximum absolute atomic E-state index is 5.88. The van der Waals surface area contributed by atoms with E-state index in [2.05, 4.69) is 24.0 Å². The molecule has 0 aliphatic carbocycles. The van der Waals surface area contributed by atoms with E-state index in [1.54, 1.807) is 0 Å². The third-order valence-corrected chi connectivity index (χ3v) is 3.71. The van der Waals surface area contributed by atoms with Crippen molar-refractivity contribution in [2.75, 3.05) is 24.8 Å². The van der Waals surface area contributed by atoms with E-state index < -0.39 is 0 Å². The van der Waals surface area contributed by atoms with Crippen molar-refractivity contribution in [2.45, 2.75) is 25.8 Å². The molecule has 2 heterocycles. The van der Waals surface area contributed by atoms with Crippen LogP contribution in [0.15, 0.2) is 18.2 Å². The normalized spacial score (nSPS) is 23.4. The van der Waals surface area contributed by atoms with Crippen molar-refractivity contribution in [1.82, 2.24) is 0 Å². The van der Waals surface area contributed by atoms with Gasteiger partial charge in [-0.25, -0.2) is 0 Å². The van der Waals surface area contributed by atoms with Crippen molar-refractivity contribution in [3.63, 3.8) is 0 Å². The van der Waals surface area contributed by atoms with Crippen molar-refractivity contribution in [3.05, 3.63) is 18.2 Å². The second-order valence-electron chi connectivity index (χ2n) is 5.35. The zero-order chi connectivity index (χ0) is 12.5. The highest BCUT2D eigenvalue weighted by Crippen LogP contribution is 2.37. The van der Waals surface area contributed by atoms with Gasteiger partial charge in [0.25, 0.3) is 0 Å². The molecule has 4 heteroatoms. The van der Waals surface area contributed by atoms with Gasteiger partial charge in [-0.05, 0) is 37.8 Å². The lowest BCUT2D eigenvalue weighted by Crippen LogP contribution is -2.23. The zero-order valence-electron chi connectivity index (χ0n) is 10.8. The Balaban J connectivity index is 1.69. The lowest BCUT2D eigenvalue weighted by atomic mass is 10.0. The minimum absolute atomic E-state index is 0.298. The molecule has 2 N–H and O–H groups in total. The van der Waals surface area contributed by atoms with E-state index in [0.717, 1.165) is 36.9 Å².